The third-order valence-electron chi connectivity index (χ3n) is 5.13. The summed E-state index contributed by atoms with van der Waals surface area (Å²) in [5.41, 5.74) is 6.91. The van der Waals surface area contributed by atoms with Gasteiger partial charge in [0.2, 0.25) is 0 Å². The number of nitrogens with zero attached hydrogens (tertiary/aromatic N) is 5. The minimum Gasteiger partial charge on any atom is -0.336 e. The molecule has 8 heteroatoms. The van der Waals surface area contributed by atoms with Gasteiger partial charge in [-0.05, 0) is 35.9 Å². The largest absolute Gasteiger partial charge is 0.336 e. The van der Waals surface area contributed by atoms with Crippen molar-refractivity contribution in [3.05, 3.63) is 79.0 Å². The Bertz CT molecular complexity index is 1540. The lowest BCUT2D eigenvalue weighted by Gasteiger charge is -2.02. The first kappa shape index (κ1) is 17.4. The summed E-state index contributed by atoms with van der Waals surface area (Å²) in [6.07, 6.45) is 4.93. The maximum Gasteiger partial charge on any atom is 0.161 e. The molecule has 0 saturated heterocycles. The molecule has 0 unspecified atom stereocenters. The van der Waals surface area contributed by atoms with E-state index in [1.807, 2.05) is 30.3 Å². The van der Waals surface area contributed by atoms with Crippen LogP contribution < -0.4 is 0 Å². The second kappa shape index (κ2) is 6.81. The highest BCUT2D eigenvalue weighted by Crippen LogP contribution is 2.31. The molecule has 4 aromatic heterocycles. The van der Waals surface area contributed by atoms with E-state index in [1.165, 1.54) is 12.1 Å². The SMILES string of the molecule is Fc1ccc(-c2cccc3[nH]c(-c4n[nH]c5ccc(-c6cnccn6)nc45)nc23)cc1. The number of para-hydroxylation sites is 1. The third kappa shape index (κ3) is 2.93. The van der Waals surface area contributed by atoms with Gasteiger partial charge in [0.1, 0.15) is 17.0 Å². The van der Waals surface area contributed by atoms with Gasteiger partial charge < -0.3 is 4.98 Å². The molecular formula is C23H14FN7. The van der Waals surface area contributed by atoms with Crippen molar-refractivity contribution in [3.63, 3.8) is 0 Å². The van der Waals surface area contributed by atoms with Gasteiger partial charge in [-0.1, -0.05) is 24.3 Å². The Balaban J connectivity index is 1.51. The lowest BCUT2D eigenvalue weighted by atomic mass is 10.0. The molecule has 2 aromatic carbocycles. The van der Waals surface area contributed by atoms with Gasteiger partial charge in [0.15, 0.2) is 11.5 Å². The topological polar surface area (TPSA) is 96.0 Å². The summed E-state index contributed by atoms with van der Waals surface area (Å²) in [6, 6.07) is 16.0. The van der Waals surface area contributed by atoms with Crippen LogP contribution in [0.1, 0.15) is 0 Å². The van der Waals surface area contributed by atoms with Gasteiger partial charge in [-0.2, -0.15) is 5.10 Å². The number of hydrogen-bond acceptors (Lipinski definition) is 5. The quantitative estimate of drug-likeness (QED) is 0.441. The molecule has 0 bridgehead atoms. The zero-order chi connectivity index (χ0) is 20.8. The van der Waals surface area contributed by atoms with Crippen LogP contribution in [0.4, 0.5) is 4.39 Å². The molecule has 0 aliphatic rings. The van der Waals surface area contributed by atoms with E-state index < -0.39 is 0 Å². The van der Waals surface area contributed by atoms with Gasteiger partial charge in [0.25, 0.3) is 0 Å². The number of H-pyrrole nitrogens is 2. The number of aromatic amines is 2. The fourth-order valence-corrected chi connectivity index (χ4v) is 3.64. The molecule has 0 amide bonds. The molecule has 0 spiro atoms. The molecule has 6 aromatic rings. The highest BCUT2D eigenvalue weighted by atomic mass is 19.1. The van der Waals surface area contributed by atoms with Crippen molar-refractivity contribution >= 4 is 22.1 Å². The van der Waals surface area contributed by atoms with Gasteiger partial charge in [-0.25, -0.2) is 14.4 Å². The molecular weight excluding hydrogens is 393 g/mol. The average molecular weight is 407 g/mol. The van der Waals surface area contributed by atoms with E-state index in [9.17, 15) is 4.39 Å². The fraction of sp³-hybridized carbons (Fsp3) is 0. The molecule has 0 aliphatic carbocycles. The number of pyridine rings is 1. The zero-order valence-corrected chi connectivity index (χ0v) is 16.0. The number of hydrogen-bond donors (Lipinski definition) is 2. The number of imidazole rings is 1. The number of nitrogens with one attached hydrogen (secondary N) is 2. The van der Waals surface area contributed by atoms with Crippen LogP contribution in [0.25, 0.3) is 56.1 Å². The predicted octanol–water partition coefficient (Wildman–Crippen LogP) is 4.76. The summed E-state index contributed by atoms with van der Waals surface area (Å²) < 4.78 is 13.4. The predicted molar refractivity (Wildman–Crippen MR) is 115 cm³/mol. The second-order valence-corrected chi connectivity index (χ2v) is 7.05. The van der Waals surface area contributed by atoms with Crippen molar-refractivity contribution < 1.29 is 4.39 Å². The van der Waals surface area contributed by atoms with Gasteiger partial charge in [0, 0.05) is 18.0 Å². The highest BCUT2D eigenvalue weighted by Gasteiger charge is 2.17. The molecule has 6 rings (SSSR count). The van der Waals surface area contributed by atoms with E-state index in [0.717, 1.165) is 27.7 Å². The van der Waals surface area contributed by atoms with Crippen LogP contribution in [0.2, 0.25) is 0 Å². The van der Waals surface area contributed by atoms with Crippen molar-refractivity contribution in [3.8, 4) is 34.0 Å². The molecule has 0 atom stereocenters. The van der Waals surface area contributed by atoms with Crippen LogP contribution in [0.15, 0.2) is 73.2 Å². The lowest BCUT2D eigenvalue weighted by Crippen LogP contribution is -1.89. The van der Waals surface area contributed by atoms with Crippen LogP contribution in [0, 0.1) is 5.82 Å². The number of benzene rings is 2. The summed E-state index contributed by atoms with van der Waals surface area (Å²) in [5.74, 6) is 0.325. The molecule has 0 saturated carbocycles. The minimum absolute atomic E-state index is 0.272. The monoisotopic (exact) mass is 407 g/mol. The number of fused-ring (bicyclic) bond motifs is 2. The van der Waals surface area contributed by atoms with Crippen LogP contribution in [0.3, 0.4) is 0 Å². The van der Waals surface area contributed by atoms with E-state index >= 15 is 0 Å². The van der Waals surface area contributed by atoms with Crippen LogP contribution in [0.5, 0.6) is 0 Å². The molecule has 148 valence electrons. The molecule has 0 radical (unpaired) electrons. The average Bonchev–Trinajstić information content (AvgIpc) is 3.43. The van der Waals surface area contributed by atoms with E-state index in [0.29, 0.717) is 28.4 Å². The van der Waals surface area contributed by atoms with Crippen molar-refractivity contribution in [2.75, 3.05) is 0 Å². The normalized spacial score (nSPS) is 11.4. The standard InChI is InChI=1S/C23H14FN7/c24-14-6-4-13(5-7-14)15-2-1-3-17-20(15)29-23(28-17)22-21-18(30-31-22)9-8-16(27-21)19-12-25-10-11-26-19/h1-12H,(H,28,29)(H,30,31). The van der Waals surface area contributed by atoms with Crippen LogP contribution >= 0.6 is 0 Å². The minimum atomic E-state index is -0.272. The Morgan fingerprint density at radius 3 is 2.52 bits per heavy atom. The first-order valence-electron chi connectivity index (χ1n) is 9.63. The van der Waals surface area contributed by atoms with Crippen molar-refractivity contribution in [2.24, 2.45) is 0 Å². The number of aromatic nitrogens is 7. The highest BCUT2D eigenvalue weighted by molar-refractivity contribution is 5.96. The van der Waals surface area contributed by atoms with E-state index in [1.54, 1.807) is 30.7 Å². The summed E-state index contributed by atoms with van der Waals surface area (Å²) >= 11 is 0. The maximum atomic E-state index is 13.4. The van der Waals surface area contributed by atoms with Gasteiger partial charge in [0.05, 0.1) is 28.4 Å². The van der Waals surface area contributed by atoms with Crippen molar-refractivity contribution in [1.29, 1.82) is 0 Å². The first-order valence-corrected chi connectivity index (χ1v) is 9.63. The van der Waals surface area contributed by atoms with Crippen molar-refractivity contribution in [1.82, 2.24) is 35.1 Å². The van der Waals surface area contributed by atoms with Gasteiger partial charge in [-0.15, -0.1) is 0 Å². The molecule has 2 N–H and O–H groups in total. The lowest BCUT2D eigenvalue weighted by molar-refractivity contribution is 0.628. The van der Waals surface area contributed by atoms with Crippen LogP contribution in [-0.4, -0.2) is 35.1 Å². The molecule has 31 heavy (non-hydrogen) atoms. The Labute approximate surface area is 175 Å². The molecule has 0 aliphatic heterocycles. The molecule has 4 heterocycles. The Kier molecular flexibility index (Phi) is 3.82. The Hall–Kier alpha value is -4.46. The molecule has 7 nitrogen and oxygen atoms in total. The number of halogens is 1. The first-order chi connectivity index (χ1) is 15.3. The van der Waals surface area contributed by atoms with Gasteiger partial charge in [-0.3, -0.25) is 15.1 Å². The zero-order valence-electron chi connectivity index (χ0n) is 16.0. The Morgan fingerprint density at radius 1 is 0.774 bits per heavy atom. The smallest absolute Gasteiger partial charge is 0.161 e. The maximum absolute atomic E-state index is 13.4. The van der Waals surface area contributed by atoms with E-state index in [-0.39, 0.29) is 5.82 Å². The summed E-state index contributed by atoms with van der Waals surface area (Å²) in [4.78, 5) is 21.3. The second-order valence-electron chi connectivity index (χ2n) is 7.05. The van der Waals surface area contributed by atoms with E-state index in [4.69, 9.17) is 9.97 Å². The fourth-order valence-electron chi connectivity index (χ4n) is 3.64. The Morgan fingerprint density at radius 2 is 1.68 bits per heavy atom. The van der Waals surface area contributed by atoms with Gasteiger partial charge >= 0.3 is 0 Å². The van der Waals surface area contributed by atoms with Crippen molar-refractivity contribution in [2.45, 2.75) is 0 Å². The third-order valence-corrected chi connectivity index (χ3v) is 5.13. The summed E-state index contributed by atoms with van der Waals surface area (Å²) in [7, 11) is 0. The van der Waals surface area contributed by atoms with Crippen LogP contribution in [-0.2, 0) is 0 Å². The summed E-state index contributed by atoms with van der Waals surface area (Å²) in [6.45, 7) is 0. The molecule has 0 fully saturated rings. The summed E-state index contributed by atoms with van der Waals surface area (Å²) in [5, 5.41) is 7.45. The van der Waals surface area contributed by atoms with E-state index in [2.05, 4.69) is 25.1 Å². The number of rotatable bonds is 3.